The Labute approximate surface area is 607 Å². The summed E-state index contributed by atoms with van der Waals surface area (Å²) in [7, 11) is -9.92. The Balaban J connectivity index is 5.22. The monoisotopic (exact) mass is 1450 g/mol. The van der Waals surface area contributed by atoms with E-state index in [-0.39, 0.29) is 25.7 Å². The summed E-state index contributed by atoms with van der Waals surface area (Å²) in [6.07, 6.45) is 55.5. The first-order chi connectivity index (χ1) is 47.7. The Bertz CT molecular complexity index is 1940. The number of aliphatic hydroxyl groups is 1. The SMILES string of the molecule is CCC(C)CCCCCCCCCCCCCCCCC(=O)O[C@H](COC(=O)CCCCCCCCCCC(C)CC)COP(=O)(O)OCC(O)COP(=O)(O)OC[C@@H](COC(=O)CCCCCCCCCC(C)C)OC(=O)CCCCCCCCCCCCCCCCCCC(C)C. The third-order valence-corrected chi connectivity index (χ3v) is 21.2. The van der Waals surface area contributed by atoms with Crippen molar-refractivity contribution in [3.8, 4) is 0 Å². The summed E-state index contributed by atoms with van der Waals surface area (Å²) in [6, 6.07) is 0. The molecule has 0 aromatic heterocycles. The number of hydrogen-bond acceptors (Lipinski definition) is 15. The topological polar surface area (TPSA) is 237 Å². The molecule has 0 heterocycles. The number of rotatable bonds is 77. The quantitative estimate of drug-likeness (QED) is 0.0222. The number of phosphoric acid groups is 2. The van der Waals surface area contributed by atoms with E-state index in [1.807, 2.05) is 0 Å². The van der Waals surface area contributed by atoms with E-state index in [1.165, 1.54) is 205 Å². The van der Waals surface area contributed by atoms with Crippen molar-refractivity contribution >= 4 is 39.5 Å². The van der Waals surface area contributed by atoms with E-state index in [0.717, 1.165) is 114 Å². The van der Waals surface area contributed by atoms with Crippen molar-refractivity contribution in [2.75, 3.05) is 39.6 Å². The lowest BCUT2D eigenvalue weighted by Crippen LogP contribution is -2.30. The molecule has 0 radical (unpaired) electrons. The maximum Gasteiger partial charge on any atom is 0.472 e. The van der Waals surface area contributed by atoms with E-state index in [4.69, 9.17) is 37.0 Å². The molecule has 0 amide bonds. The van der Waals surface area contributed by atoms with E-state index in [9.17, 15) is 43.2 Å². The molecule has 17 nitrogen and oxygen atoms in total. The minimum atomic E-state index is -4.96. The van der Waals surface area contributed by atoms with Crippen molar-refractivity contribution in [3.05, 3.63) is 0 Å². The van der Waals surface area contributed by atoms with Crippen LogP contribution in [0.5, 0.6) is 0 Å². The van der Waals surface area contributed by atoms with Crippen LogP contribution in [0, 0.1) is 23.7 Å². The smallest absolute Gasteiger partial charge is 0.462 e. The van der Waals surface area contributed by atoms with Gasteiger partial charge in [0, 0.05) is 25.7 Å². The lowest BCUT2D eigenvalue weighted by atomic mass is 9.99. The molecule has 588 valence electrons. The molecule has 0 aliphatic heterocycles. The molecule has 5 unspecified atom stereocenters. The maximum absolute atomic E-state index is 13.1. The largest absolute Gasteiger partial charge is 0.472 e. The lowest BCUT2D eigenvalue weighted by molar-refractivity contribution is -0.161. The highest BCUT2D eigenvalue weighted by molar-refractivity contribution is 7.47. The van der Waals surface area contributed by atoms with E-state index in [2.05, 4.69) is 55.4 Å². The first-order valence-corrected chi connectivity index (χ1v) is 44.3. The van der Waals surface area contributed by atoms with Gasteiger partial charge in [0.05, 0.1) is 26.4 Å². The minimum Gasteiger partial charge on any atom is -0.462 e. The number of esters is 4. The number of hydrogen-bond donors (Lipinski definition) is 3. The van der Waals surface area contributed by atoms with Crippen LogP contribution in [0.1, 0.15) is 409 Å². The lowest BCUT2D eigenvalue weighted by Gasteiger charge is -2.21. The van der Waals surface area contributed by atoms with Gasteiger partial charge in [-0.3, -0.25) is 37.3 Å². The number of phosphoric ester groups is 2. The first-order valence-electron chi connectivity index (χ1n) is 41.3. The van der Waals surface area contributed by atoms with Gasteiger partial charge in [0.25, 0.3) is 0 Å². The predicted molar refractivity (Wildman–Crippen MR) is 404 cm³/mol. The molecule has 7 atom stereocenters. The molecule has 0 aromatic carbocycles. The maximum atomic E-state index is 13.1. The average molecular weight is 1450 g/mol. The van der Waals surface area contributed by atoms with Crippen molar-refractivity contribution in [2.45, 2.75) is 427 Å². The van der Waals surface area contributed by atoms with E-state index in [0.29, 0.717) is 31.6 Å². The van der Waals surface area contributed by atoms with Crippen LogP contribution in [0.4, 0.5) is 0 Å². The zero-order valence-electron chi connectivity index (χ0n) is 65.1. The van der Waals surface area contributed by atoms with Crippen molar-refractivity contribution in [3.63, 3.8) is 0 Å². The summed E-state index contributed by atoms with van der Waals surface area (Å²) in [5, 5.41) is 10.6. The van der Waals surface area contributed by atoms with Crippen LogP contribution in [0.15, 0.2) is 0 Å². The molecule has 0 rings (SSSR count). The zero-order valence-corrected chi connectivity index (χ0v) is 66.9. The van der Waals surface area contributed by atoms with Crippen LogP contribution in [0.2, 0.25) is 0 Å². The first kappa shape index (κ1) is 97.1. The van der Waals surface area contributed by atoms with Crippen molar-refractivity contribution in [1.82, 2.24) is 0 Å². The Morgan fingerprint density at radius 3 is 0.717 bits per heavy atom. The molecule has 0 bridgehead atoms. The molecule has 0 aliphatic carbocycles. The van der Waals surface area contributed by atoms with Gasteiger partial charge in [0.15, 0.2) is 12.2 Å². The summed E-state index contributed by atoms with van der Waals surface area (Å²) in [5.41, 5.74) is 0. The molecule has 0 spiro atoms. The summed E-state index contributed by atoms with van der Waals surface area (Å²) in [4.78, 5) is 73.0. The van der Waals surface area contributed by atoms with Crippen molar-refractivity contribution in [1.29, 1.82) is 0 Å². The highest BCUT2D eigenvalue weighted by atomic mass is 31.2. The van der Waals surface area contributed by atoms with E-state index < -0.39 is 97.5 Å². The van der Waals surface area contributed by atoms with Gasteiger partial charge in [-0.2, -0.15) is 0 Å². The molecule has 3 N–H and O–H groups in total. The second kappa shape index (κ2) is 69.1. The Hall–Kier alpha value is -1.94. The molecule has 0 saturated heterocycles. The fraction of sp³-hybridized carbons (Fsp3) is 0.950. The predicted octanol–water partition coefficient (Wildman–Crippen LogP) is 23.6. The molecule has 19 heteroatoms. The third-order valence-electron chi connectivity index (χ3n) is 19.3. The zero-order chi connectivity index (χ0) is 73.1. The molecule has 99 heavy (non-hydrogen) atoms. The summed E-state index contributed by atoms with van der Waals surface area (Å²) in [5.74, 6) is 1.02. The van der Waals surface area contributed by atoms with Crippen molar-refractivity contribution in [2.24, 2.45) is 23.7 Å². The Morgan fingerprint density at radius 1 is 0.283 bits per heavy atom. The number of ether oxygens (including phenoxy) is 4. The fourth-order valence-corrected chi connectivity index (χ4v) is 13.8. The molecule has 0 saturated carbocycles. The van der Waals surface area contributed by atoms with Gasteiger partial charge < -0.3 is 33.8 Å². The third kappa shape index (κ3) is 71.5. The number of carbonyl (C=O) groups is 4. The Kier molecular flexibility index (Phi) is 67.8. The molecular formula is C80H156O17P2. The van der Waals surface area contributed by atoms with Crippen LogP contribution < -0.4 is 0 Å². The number of unbranched alkanes of at least 4 members (excludes halogenated alkanes) is 41. The molecule has 0 fully saturated rings. The van der Waals surface area contributed by atoms with E-state index in [1.54, 1.807) is 0 Å². The van der Waals surface area contributed by atoms with Crippen LogP contribution in [-0.4, -0.2) is 96.7 Å². The standard InChI is InChI=1S/C80H156O17P2/c1-9-72(7)58-50-42-34-26-22-18-15-16-20-24-28-38-47-55-63-79(84)96-75(66-90-77(82)60-52-44-36-30-29-35-43-51-59-73(8)10-2)68-94-98(86,87)92-64-74(81)65-93-99(88,89)95-69-76(67-91-78(83)61-53-45-39-31-33-41-49-57-71(5)6)97-80(85)62-54-46-37-27-23-19-14-12-11-13-17-21-25-32-40-48-56-70(3)4/h70-76,81H,9-69H2,1-8H3,(H,86,87)(H,88,89)/t72?,73?,74?,75-,76-/m1/s1. The van der Waals surface area contributed by atoms with Crippen LogP contribution in [0.3, 0.4) is 0 Å². The van der Waals surface area contributed by atoms with Crippen LogP contribution in [-0.2, 0) is 65.4 Å². The number of carbonyl (C=O) groups excluding carboxylic acids is 4. The second-order valence-electron chi connectivity index (χ2n) is 30.2. The van der Waals surface area contributed by atoms with Gasteiger partial charge in [-0.15, -0.1) is 0 Å². The Morgan fingerprint density at radius 2 is 0.485 bits per heavy atom. The van der Waals surface area contributed by atoms with Gasteiger partial charge in [0.1, 0.15) is 19.3 Å². The van der Waals surface area contributed by atoms with Crippen molar-refractivity contribution < 1.29 is 80.2 Å². The summed E-state index contributed by atoms with van der Waals surface area (Å²) >= 11 is 0. The van der Waals surface area contributed by atoms with Gasteiger partial charge in [-0.1, -0.05) is 357 Å². The van der Waals surface area contributed by atoms with Gasteiger partial charge in [-0.25, -0.2) is 9.13 Å². The minimum absolute atomic E-state index is 0.107. The second-order valence-corrected chi connectivity index (χ2v) is 33.1. The highest BCUT2D eigenvalue weighted by Gasteiger charge is 2.30. The van der Waals surface area contributed by atoms with Crippen LogP contribution >= 0.6 is 15.6 Å². The molecule has 0 aliphatic rings. The van der Waals surface area contributed by atoms with Gasteiger partial charge in [-0.05, 0) is 49.4 Å². The highest BCUT2D eigenvalue weighted by Crippen LogP contribution is 2.45. The van der Waals surface area contributed by atoms with Gasteiger partial charge in [0.2, 0.25) is 0 Å². The van der Waals surface area contributed by atoms with E-state index >= 15 is 0 Å². The normalized spacial score (nSPS) is 14.6. The van der Waals surface area contributed by atoms with Crippen LogP contribution in [0.25, 0.3) is 0 Å². The number of aliphatic hydroxyl groups excluding tert-OH is 1. The summed E-state index contributed by atoms with van der Waals surface area (Å²) in [6.45, 7) is 14.3. The molecule has 0 aromatic rings. The summed E-state index contributed by atoms with van der Waals surface area (Å²) < 4.78 is 68.7. The van der Waals surface area contributed by atoms with Gasteiger partial charge >= 0.3 is 39.5 Å². The fourth-order valence-electron chi connectivity index (χ4n) is 12.2. The molecular weight excluding hydrogens is 1290 g/mol. The average Bonchev–Trinajstić information content (AvgIpc) is 1.11.